The Hall–Kier alpha value is -1.88. The van der Waals surface area contributed by atoms with E-state index < -0.39 is 0 Å². The van der Waals surface area contributed by atoms with E-state index in [2.05, 4.69) is 10.3 Å². The van der Waals surface area contributed by atoms with Crippen molar-refractivity contribution in [3.63, 3.8) is 0 Å². The molecule has 1 aromatic heterocycles. The maximum atomic E-state index is 11.7. The summed E-state index contributed by atoms with van der Waals surface area (Å²) in [6.07, 6.45) is 0. The number of hydrogen-bond donors (Lipinski definition) is 2. The normalized spacial score (nSPS) is 10.1. The number of aromatic nitrogens is 1. The molecule has 2 rings (SSSR count). The van der Waals surface area contributed by atoms with Crippen LogP contribution in [0.4, 0.5) is 5.69 Å². The second-order valence-corrected chi connectivity index (χ2v) is 4.32. The van der Waals surface area contributed by atoms with Crippen LogP contribution in [0, 0.1) is 6.92 Å². The van der Waals surface area contributed by atoms with E-state index in [-0.39, 0.29) is 11.7 Å². The Morgan fingerprint density at radius 2 is 2.31 bits per heavy atom. The molecule has 0 spiro atoms. The lowest BCUT2D eigenvalue weighted by molar-refractivity contribution is 0.102. The Labute approximate surface area is 96.6 Å². The highest BCUT2D eigenvalue weighted by Gasteiger charge is 2.09. The molecule has 0 radical (unpaired) electrons. The van der Waals surface area contributed by atoms with Gasteiger partial charge in [-0.05, 0) is 19.1 Å². The molecule has 0 atom stereocenters. The molecule has 5 heteroatoms. The van der Waals surface area contributed by atoms with Crippen LogP contribution in [0.15, 0.2) is 29.6 Å². The summed E-state index contributed by atoms with van der Waals surface area (Å²) in [4.78, 5) is 15.8. The van der Waals surface area contributed by atoms with E-state index in [9.17, 15) is 9.90 Å². The Kier molecular flexibility index (Phi) is 2.87. The second kappa shape index (κ2) is 4.32. The molecule has 2 aromatic rings. The second-order valence-electron chi connectivity index (χ2n) is 3.26. The first-order chi connectivity index (χ1) is 7.65. The molecule has 0 aliphatic carbocycles. The van der Waals surface area contributed by atoms with E-state index in [1.165, 1.54) is 17.4 Å². The fourth-order valence-electron chi connectivity index (χ4n) is 1.25. The predicted octanol–water partition coefficient (Wildman–Crippen LogP) is 2.41. The van der Waals surface area contributed by atoms with Gasteiger partial charge in [0.05, 0.1) is 5.01 Å². The average molecular weight is 234 g/mol. The van der Waals surface area contributed by atoms with Crippen molar-refractivity contribution in [3.8, 4) is 5.75 Å². The van der Waals surface area contributed by atoms with E-state index in [4.69, 9.17) is 0 Å². The van der Waals surface area contributed by atoms with Gasteiger partial charge in [0, 0.05) is 17.1 Å². The van der Waals surface area contributed by atoms with Crippen LogP contribution in [0.3, 0.4) is 0 Å². The van der Waals surface area contributed by atoms with Crippen molar-refractivity contribution < 1.29 is 9.90 Å². The standard InChI is InChI=1S/C11H10N2O2S/c1-7-12-10(6-16-7)11(15)13-8-3-2-4-9(14)5-8/h2-6,14H,1H3,(H,13,15). The van der Waals surface area contributed by atoms with Crippen molar-refractivity contribution in [2.75, 3.05) is 5.32 Å². The molecular weight excluding hydrogens is 224 g/mol. The predicted molar refractivity (Wildman–Crippen MR) is 62.9 cm³/mol. The fraction of sp³-hybridized carbons (Fsp3) is 0.0909. The number of nitrogens with zero attached hydrogens (tertiary/aromatic N) is 1. The molecule has 2 N–H and O–H groups in total. The van der Waals surface area contributed by atoms with E-state index >= 15 is 0 Å². The number of benzene rings is 1. The quantitative estimate of drug-likeness (QED) is 0.838. The molecule has 0 aliphatic heterocycles. The fourth-order valence-corrected chi connectivity index (χ4v) is 1.84. The van der Waals surface area contributed by atoms with E-state index in [1.54, 1.807) is 23.6 Å². The highest BCUT2D eigenvalue weighted by atomic mass is 32.1. The first kappa shape index (κ1) is 10.6. The van der Waals surface area contributed by atoms with Gasteiger partial charge >= 0.3 is 0 Å². The van der Waals surface area contributed by atoms with Gasteiger partial charge in [-0.25, -0.2) is 4.98 Å². The number of carbonyl (C=O) groups is 1. The number of phenolic OH excluding ortho intramolecular Hbond substituents is 1. The van der Waals surface area contributed by atoms with Gasteiger partial charge in [-0.3, -0.25) is 4.79 Å². The van der Waals surface area contributed by atoms with Gasteiger partial charge in [0.15, 0.2) is 0 Å². The van der Waals surface area contributed by atoms with Crippen molar-refractivity contribution in [2.24, 2.45) is 0 Å². The zero-order valence-corrected chi connectivity index (χ0v) is 9.41. The smallest absolute Gasteiger partial charge is 0.275 e. The molecule has 1 aromatic carbocycles. The first-order valence-corrected chi connectivity index (χ1v) is 5.55. The minimum absolute atomic E-state index is 0.118. The van der Waals surface area contributed by atoms with Crippen LogP contribution in [-0.4, -0.2) is 16.0 Å². The number of phenols is 1. The Morgan fingerprint density at radius 3 is 2.94 bits per heavy atom. The summed E-state index contributed by atoms with van der Waals surface area (Å²) in [5, 5.41) is 14.4. The number of aromatic hydroxyl groups is 1. The number of rotatable bonds is 2. The van der Waals surface area contributed by atoms with Crippen molar-refractivity contribution in [2.45, 2.75) is 6.92 Å². The summed E-state index contributed by atoms with van der Waals surface area (Å²) in [7, 11) is 0. The third kappa shape index (κ3) is 2.38. The van der Waals surface area contributed by atoms with Crippen LogP contribution in [0.25, 0.3) is 0 Å². The van der Waals surface area contributed by atoms with Crippen LogP contribution in [0.1, 0.15) is 15.5 Å². The van der Waals surface area contributed by atoms with Gasteiger partial charge < -0.3 is 10.4 Å². The topological polar surface area (TPSA) is 62.2 Å². The number of nitrogens with one attached hydrogen (secondary N) is 1. The van der Waals surface area contributed by atoms with Crippen LogP contribution >= 0.6 is 11.3 Å². The molecule has 1 heterocycles. The molecule has 82 valence electrons. The van der Waals surface area contributed by atoms with Crippen LogP contribution in [-0.2, 0) is 0 Å². The van der Waals surface area contributed by atoms with E-state index in [0.29, 0.717) is 11.4 Å². The number of amides is 1. The maximum absolute atomic E-state index is 11.7. The maximum Gasteiger partial charge on any atom is 0.275 e. The lowest BCUT2D eigenvalue weighted by atomic mass is 10.3. The highest BCUT2D eigenvalue weighted by molar-refractivity contribution is 7.09. The number of anilines is 1. The zero-order chi connectivity index (χ0) is 11.5. The molecule has 1 amide bonds. The third-order valence-electron chi connectivity index (χ3n) is 1.96. The van der Waals surface area contributed by atoms with Gasteiger partial charge in [-0.2, -0.15) is 0 Å². The summed E-state index contributed by atoms with van der Waals surface area (Å²) < 4.78 is 0. The molecule has 4 nitrogen and oxygen atoms in total. The van der Waals surface area contributed by atoms with Crippen LogP contribution < -0.4 is 5.32 Å². The molecule has 0 fully saturated rings. The third-order valence-corrected chi connectivity index (χ3v) is 2.73. The van der Waals surface area contributed by atoms with Crippen molar-refractivity contribution >= 4 is 22.9 Å². The van der Waals surface area contributed by atoms with Crippen LogP contribution in [0.5, 0.6) is 5.75 Å². The molecular formula is C11H10N2O2S. The Bertz CT molecular complexity index is 522. The molecule has 0 aliphatic rings. The largest absolute Gasteiger partial charge is 0.508 e. The number of thiazole rings is 1. The molecule has 16 heavy (non-hydrogen) atoms. The average Bonchev–Trinajstić information content (AvgIpc) is 2.65. The summed E-state index contributed by atoms with van der Waals surface area (Å²) in [6.45, 7) is 1.84. The summed E-state index contributed by atoms with van der Waals surface area (Å²) in [5.74, 6) is -0.151. The Balaban J connectivity index is 2.13. The Morgan fingerprint density at radius 1 is 1.50 bits per heavy atom. The first-order valence-electron chi connectivity index (χ1n) is 4.67. The lowest BCUT2D eigenvalue weighted by Crippen LogP contribution is -2.12. The number of aryl methyl sites for hydroxylation is 1. The molecule has 0 unspecified atom stereocenters. The van der Waals surface area contributed by atoms with Crippen molar-refractivity contribution in [3.05, 3.63) is 40.3 Å². The highest BCUT2D eigenvalue weighted by Crippen LogP contribution is 2.16. The van der Waals surface area contributed by atoms with Crippen molar-refractivity contribution in [1.29, 1.82) is 0 Å². The number of carbonyl (C=O) groups excluding carboxylic acids is 1. The SMILES string of the molecule is Cc1nc(C(=O)Nc2cccc(O)c2)cs1. The summed E-state index contributed by atoms with van der Waals surface area (Å²) in [5.41, 5.74) is 0.946. The minimum atomic E-state index is -0.269. The summed E-state index contributed by atoms with van der Waals surface area (Å²) >= 11 is 1.43. The molecule has 0 saturated carbocycles. The van der Waals surface area contributed by atoms with Crippen molar-refractivity contribution in [1.82, 2.24) is 4.98 Å². The van der Waals surface area contributed by atoms with Gasteiger partial charge in [0.25, 0.3) is 5.91 Å². The molecule has 0 bridgehead atoms. The van der Waals surface area contributed by atoms with E-state index in [0.717, 1.165) is 5.01 Å². The van der Waals surface area contributed by atoms with Gasteiger partial charge in [-0.1, -0.05) is 6.07 Å². The van der Waals surface area contributed by atoms with Crippen LogP contribution in [0.2, 0.25) is 0 Å². The minimum Gasteiger partial charge on any atom is -0.508 e. The van der Waals surface area contributed by atoms with E-state index in [1.807, 2.05) is 6.92 Å². The molecule has 0 saturated heterocycles. The van der Waals surface area contributed by atoms with Gasteiger partial charge in [0.1, 0.15) is 11.4 Å². The zero-order valence-electron chi connectivity index (χ0n) is 8.60. The van der Waals surface area contributed by atoms with Gasteiger partial charge in [0.2, 0.25) is 0 Å². The monoisotopic (exact) mass is 234 g/mol. The summed E-state index contributed by atoms with van der Waals surface area (Å²) in [6, 6.07) is 6.40. The van der Waals surface area contributed by atoms with Gasteiger partial charge in [-0.15, -0.1) is 11.3 Å². The number of hydrogen-bond acceptors (Lipinski definition) is 4. The lowest BCUT2D eigenvalue weighted by Gasteiger charge is -2.02.